The smallest absolute Gasteiger partial charge is 0.273 e. The van der Waals surface area contributed by atoms with Gasteiger partial charge in [0, 0.05) is 19.9 Å². The van der Waals surface area contributed by atoms with Crippen LogP contribution in [-0.4, -0.2) is 52.3 Å². The Morgan fingerprint density at radius 2 is 2.13 bits per heavy atom. The zero-order chi connectivity index (χ0) is 16.4. The van der Waals surface area contributed by atoms with Gasteiger partial charge in [-0.15, -0.1) is 0 Å². The van der Waals surface area contributed by atoms with Gasteiger partial charge in [0.05, 0.1) is 12.6 Å². The molecular weight excluding hydrogens is 296 g/mol. The lowest BCUT2D eigenvalue weighted by atomic mass is 9.96. The van der Waals surface area contributed by atoms with E-state index in [1.54, 1.807) is 17.2 Å². The molecule has 1 aliphatic carbocycles. The van der Waals surface area contributed by atoms with Crippen LogP contribution in [0.5, 0.6) is 0 Å². The number of nitrogens with two attached hydrogens (primary N) is 1. The van der Waals surface area contributed by atoms with Crippen LogP contribution in [-0.2, 0) is 9.53 Å². The molecule has 1 aromatic heterocycles. The van der Waals surface area contributed by atoms with E-state index in [1.165, 1.54) is 7.11 Å². The molecule has 2 fully saturated rings. The van der Waals surface area contributed by atoms with Gasteiger partial charge in [0.25, 0.3) is 5.91 Å². The van der Waals surface area contributed by atoms with Crippen molar-refractivity contribution >= 4 is 11.8 Å². The van der Waals surface area contributed by atoms with E-state index in [1.807, 2.05) is 4.68 Å². The van der Waals surface area contributed by atoms with Crippen LogP contribution in [0.15, 0.2) is 12.3 Å². The van der Waals surface area contributed by atoms with Crippen molar-refractivity contribution in [1.29, 1.82) is 0 Å². The van der Waals surface area contributed by atoms with Gasteiger partial charge in [0.1, 0.15) is 11.2 Å². The summed E-state index contributed by atoms with van der Waals surface area (Å²) < 4.78 is 7.03. The van der Waals surface area contributed by atoms with Crippen LogP contribution in [0.4, 0.5) is 0 Å². The van der Waals surface area contributed by atoms with E-state index >= 15 is 0 Å². The van der Waals surface area contributed by atoms with Crippen molar-refractivity contribution in [2.75, 3.05) is 20.3 Å². The highest BCUT2D eigenvalue weighted by Crippen LogP contribution is 2.33. The third kappa shape index (κ3) is 2.63. The first-order chi connectivity index (χ1) is 11.1. The second kappa shape index (κ2) is 6.31. The summed E-state index contributed by atoms with van der Waals surface area (Å²) in [5.74, 6) is -0.681. The number of nitrogens with zero attached hydrogens (tertiary/aromatic N) is 3. The number of amides is 2. The Hall–Kier alpha value is -1.89. The number of hydrogen-bond acceptors (Lipinski definition) is 4. The molecule has 1 saturated carbocycles. The molecule has 2 N–H and O–H groups in total. The summed E-state index contributed by atoms with van der Waals surface area (Å²) in [5.41, 5.74) is 5.12. The van der Waals surface area contributed by atoms with Crippen molar-refractivity contribution in [2.24, 2.45) is 5.73 Å². The van der Waals surface area contributed by atoms with Gasteiger partial charge in [0.2, 0.25) is 5.91 Å². The molecule has 2 aliphatic rings. The van der Waals surface area contributed by atoms with Crippen LogP contribution in [0.1, 0.15) is 55.1 Å². The Balaban J connectivity index is 1.90. The standard InChI is InChI=1S/C16H24N4O3/c1-23-11-16(15(17)22)8-4-10-19(16)14(21)13-7-9-18-20(13)12-5-2-3-6-12/h7,9,12H,2-6,8,10-11H2,1H3,(H2,17,22). The van der Waals surface area contributed by atoms with Crippen molar-refractivity contribution in [2.45, 2.75) is 50.1 Å². The molecule has 0 aromatic carbocycles. The van der Waals surface area contributed by atoms with Gasteiger partial charge in [-0.25, -0.2) is 0 Å². The summed E-state index contributed by atoms with van der Waals surface area (Å²) in [6.45, 7) is 0.645. The van der Waals surface area contributed by atoms with Gasteiger partial charge >= 0.3 is 0 Å². The van der Waals surface area contributed by atoms with Crippen LogP contribution < -0.4 is 5.73 Å². The van der Waals surface area contributed by atoms with Crippen LogP contribution in [0.2, 0.25) is 0 Å². The molecule has 1 aliphatic heterocycles. The Morgan fingerprint density at radius 3 is 2.78 bits per heavy atom. The first-order valence-electron chi connectivity index (χ1n) is 8.24. The fourth-order valence-corrected chi connectivity index (χ4v) is 3.95. The van der Waals surface area contributed by atoms with Crippen LogP contribution in [0.25, 0.3) is 0 Å². The molecule has 7 heteroatoms. The SMILES string of the molecule is COCC1(C(N)=O)CCCN1C(=O)c1ccnn1C1CCCC1. The number of carbonyl (C=O) groups excluding carboxylic acids is 2. The summed E-state index contributed by atoms with van der Waals surface area (Å²) in [4.78, 5) is 26.7. The van der Waals surface area contributed by atoms with Gasteiger partial charge in [-0.3, -0.25) is 14.3 Å². The first-order valence-corrected chi connectivity index (χ1v) is 8.24. The molecule has 0 radical (unpaired) electrons. The van der Waals surface area contributed by atoms with Crippen LogP contribution >= 0.6 is 0 Å². The largest absolute Gasteiger partial charge is 0.382 e. The Bertz CT molecular complexity index is 594. The van der Waals surface area contributed by atoms with E-state index < -0.39 is 11.4 Å². The number of carbonyl (C=O) groups is 2. The van der Waals surface area contributed by atoms with Crippen molar-refractivity contribution in [3.8, 4) is 0 Å². The third-order valence-electron chi connectivity index (χ3n) is 5.14. The molecule has 1 aromatic rings. The molecule has 23 heavy (non-hydrogen) atoms. The van der Waals surface area contributed by atoms with Crippen LogP contribution in [0, 0.1) is 0 Å². The second-order valence-electron chi connectivity index (χ2n) is 6.49. The minimum absolute atomic E-state index is 0.131. The number of likely N-dealkylation sites (tertiary alicyclic amines) is 1. The first kappa shape index (κ1) is 16.0. The molecule has 0 bridgehead atoms. The monoisotopic (exact) mass is 320 g/mol. The predicted octanol–water partition coefficient (Wildman–Crippen LogP) is 1.10. The lowest BCUT2D eigenvalue weighted by molar-refractivity contribution is -0.130. The third-order valence-corrected chi connectivity index (χ3v) is 5.14. The Kier molecular flexibility index (Phi) is 4.39. The lowest BCUT2D eigenvalue weighted by Crippen LogP contribution is -2.59. The summed E-state index contributed by atoms with van der Waals surface area (Å²) in [5, 5.41) is 4.35. The zero-order valence-corrected chi connectivity index (χ0v) is 13.5. The predicted molar refractivity (Wildman–Crippen MR) is 83.8 cm³/mol. The fourth-order valence-electron chi connectivity index (χ4n) is 3.95. The Labute approximate surface area is 135 Å². The number of hydrogen-bond donors (Lipinski definition) is 1. The summed E-state index contributed by atoms with van der Waals surface area (Å²) >= 11 is 0. The molecule has 3 rings (SSSR count). The quantitative estimate of drug-likeness (QED) is 0.879. The highest BCUT2D eigenvalue weighted by molar-refractivity contribution is 5.98. The van der Waals surface area contributed by atoms with E-state index in [-0.39, 0.29) is 18.6 Å². The average molecular weight is 320 g/mol. The number of rotatable bonds is 5. The number of ether oxygens (including phenoxy) is 1. The van der Waals surface area contributed by atoms with Crippen LogP contribution in [0.3, 0.4) is 0 Å². The second-order valence-corrected chi connectivity index (χ2v) is 6.49. The van der Waals surface area contributed by atoms with E-state index in [0.29, 0.717) is 18.7 Å². The number of methoxy groups -OCH3 is 1. The average Bonchev–Trinajstić information content (AvgIpc) is 3.26. The normalized spacial score (nSPS) is 25.2. The molecular formula is C16H24N4O3. The molecule has 1 atom stereocenters. The molecule has 2 heterocycles. The van der Waals surface area contributed by atoms with Gasteiger partial charge in [-0.2, -0.15) is 5.10 Å². The van der Waals surface area contributed by atoms with Crippen molar-refractivity contribution in [3.05, 3.63) is 18.0 Å². The summed E-state index contributed by atoms with van der Waals surface area (Å²) in [6.07, 6.45) is 7.36. The van der Waals surface area contributed by atoms with Crippen molar-refractivity contribution < 1.29 is 14.3 Å². The molecule has 1 saturated heterocycles. The molecule has 126 valence electrons. The van der Waals surface area contributed by atoms with Crippen molar-refractivity contribution in [1.82, 2.24) is 14.7 Å². The lowest BCUT2D eigenvalue weighted by Gasteiger charge is -2.35. The zero-order valence-electron chi connectivity index (χ0n) is 13.5. The minimum Gasteiger partial charge on any atom is -0.382 e. The minimum atomic E-state index is -1.05. The summed E-state index contributed by atoms with van der Waals surface area (Å²) in [7, 11) is 1.52. The van der Waals surface area contributed by atoms with Gasteiger partial charge in [-0.05, 0) is 31.7 Å². The van der Waals surface area contributed by atoms with E-state index in [9.17, 15) is 9.59 Å². The maximum Gasteiger partial charge on any atom is 0.273 e. The highest BCUT2D eigenvalue weighted by Gasteiger charge is 2.49. The number of aromatic nitrogens is 2. The van der Waals surface area contributed by atoms with E-state index in [0.717, 1.165) is 32.1 Å². The maximum absolute atomic E-state index is 13.1. The fraction of sp³-hybridized carbons (Fsp3) is 0.688. The van der Waals surface area contributed by atoms with Gasteiger partial charge in [0.15, 0.2) is 0 Å². The maximum atomic E-state index is 13.1. The molecule has 1 unspecified atom stereocenters. The molecule has 7 nitrogen and oxygen atoms in total. The highest BCUT2D eigenvalue weighted by atomic mass is 16.5. The van der Waals surface area contributed by atoms with E-state index in [4.69, 9.17) is 10.5 Å². The van der Waals surface area contributed by atoms with Gasteiger partial charge in [-0.1, -0.05) is 12.8 Å². The van der Waals surface area contributed by atoms with Gasteiger partial charge < -0.3 is 15.4 Å². The summed E-state index contributed by atoms with van der Waals surface area (Å²) in [6, 6.07) is 2.01. The molecule has 2 amide bonds. The number of primary amides is 1. The topological polar surface area (TPSA) is 90.4 Å². The Morgan fingerprint density at radius 1 is 1.39 bits per heavy atom. The van der Waals surface area contributed by atoms with E-state index in [2.05, 4.69) is 5.10 Å². The molecule has 0 spiro atoms. The van der Waals surface area contributed by atoms with Crippen molar-refractivity contribution in [3.63, 3.8) is 0 Å².